The number of carbonyl (C=O) groups excluding carboxylic acids is 1. The van der Waals surface area contributed by atoms with Gasteiger partial charge in [0.15, 0.2) is 0 Å². The molecule has 0 bridgehead atoms. The second-order valence-corrected chi connectivity index (χ2v) is 4.62. The lowest BCUT2D eigenvalue weighted by Crippen LogP contribution is -2.53. The summed E-state index contributed by atoms with van der Waals surface area (Å²) in [6.07, 6.45) is 2.47. The minimum absolute atomic E-state index is 0.151. The number of hydrogen-bond donors (Lipinski definition) is 1. The highest BCUT2D eigenvalue weighted by molar-refractivity contribution is 5.83. The number of esters is 1. The van der Waals surface area contributed by atoms with E-state index in [4.69, 9.17) is 4.74 Å². The van der Waals surface area contributed by atoms with Crippen molar-refractivity contribution in [1.82, 2.24) is 5.32 Å². The van der Waals surface area contributed by atoms with Crippen LogP contribution in [0.15, 0.2) is 24.3 Å². The summed E-state index contributed by atoms with van der Waals surface area (Å²) in [6, 6.07) is 8.22. The lowest BCUT2D eigenvalue weighted by atomic mass is 9.95. The largest absolute Gasteiger partial charge is 0.468 e. The van der Waals surface area contributed by atoms with E-state index in [2.05, 4.69) is 24.4 Å². The van der Waals surface area contributed by atoms with Gasteiger partial charge < -0.3 is 10.1 Å². The fourth-order valence-corrected chi connectivity index (χ4v) is 2.52. The van der Waals surface area contributed by atoms with E-state index < -0.39 is 5.54 Å². The van der Waals surface area contributed by atoms with Crippen LogP contribution < -0.4 is 5.32 Å². The van der Waals surface area contributed by atoms with E-state index in [1.807, 2.05) is 12.1 Å². The average molecular weight is 233 g/mol. The first kappa shape index (κ1) is 12.1. The molecule has 1 aliphatic carbocycles. The first-order valence-corrected chi connectivity index (χ1v) is 6.12. The maximum Gasteiger partial charge on any atom is 0.326 e. The quantitative estimate of drug-likeness (QED) is 0.804. The third kappa shape index (κ3) is 2.20. The molecule has 0 amide bonds. The first-order valence-electron chi connectivity index (χ1n) is 6.12. The van der Waals surface area contributed by atoms with Crippen molar-refractivity contribution in [3.8, 4) is 0 Å². The molecule has 0 atom stereocenters. The van der Waals surface area contributed by atoms with Crippen molar-refractivity contribution in [3.63, 3.8) is 0 Å². The van der Waals surface area contributed by atoms with Gasteiger partial charge >= 0.3 is 5.97 Å². The molecular formula is C14H19NO2. The summed E-state index contributed by atoms with van der Waals surface area (Å²) in [4.78, 5) is 12.0. The second kappa shape index (κ2) is 4.88. The zero-order chi connectivity index (χ0) is 12.3. The Morgan fingerprint density at radius 2 is 1.94 bits per heavy atom. The monoisotopic (exact) mass is 233 g/mol. The Kier molecular flexibility index (Phi) is 3.48. The van der Waals surface area contributed by atoms with Crippen LogP contribution in [-0.4, -0.2) is 25.2 Å². The Morgan fingerprint density at radius 1 is 1.35 bits per heavy atom. The van der Waals surface area contributed by atoms with E-state index in [1.54, 1.807) is 0 Å². The number of carbonyl (C=O) groups is 1. The second-order valence-electron chi connectivity index (χ2n) is 4.62. The summed E-state index contributed by atoms with van der Waals surface area (Å²) in [5.74, 6) is -0.151. The number of rotatable bonds is 4. The number of fused-ring (bicyclic) bond motifs is 1. The Labute approximate surface area is 102 Å². The molecule has 0 radical (unpaired) electrons. The standard InChI is InChI=1S/C14H19NO2/c1-3-8-15-14(13(16)17-2)9-11-6-4-5-7-12(11)10-14/h4-7,15H,3,8-10H2,1-2H3. The molecule has 1 aliphatic rings. The van der Waals surface area contributed by atoms with Crippen molar-refractivity contribution in [2.75, 3.05) is 13.7 Å². The Hall–Kier alpha value is -1.35. The number of methoxy groups -OCH3 is 1. The van der Waals surface area contributed by atoms with E-state index in [-0.39, 0.29) is 5.97 Å². The molecule has 0 saturated carbocycles. The normalized spacial score (nSPS) is 16.6. The van der Waals surface area contributed by atoms with Crippen molar-refractivity contribution in [3.05, 3.63) is 35.4 Å². The summed E-state index contributed by atoms with van der Waals surface area (Å²) in [7, 11) is 1.46. The van der Waals surface area contributed by atoms with E-state index in [1.165, 1.54) is 18.2 Å². The third-order valence-corrected chi connectivity index (χ3v) is 3.39. The average Bonchev–Trinajstić information content (AvgIpc) is 2.75. The van der Waals surface area contributed by atoms with Gasteiger partial charge in [0, 0.05) is 12.8 Å². The molecule has 2 rings (SSSR count). The van der Waals surface area contributed by atoms with Gasteiger partial charge in [0.1, 0.15) is 5.54 Å². The fraction of sp³-hybridized carbons (Fsp3) is 0.500. The topological polar surface area (TPSA) is 38.3 Å². The molecule has 0 spiro atoms. The Morgan fingerprint density at radius 3 is 2.41 bits per heavy atom. The van der Waals surface area contributed by atoms with Crippen molar-refractivity contribution >= 4 is 5.97 Å². The number of ether oxygens (including phenoxy) is 1. The molecule has 3 nitrogen and oxygen atoms in total. The smallest absolute Gasteiger partial charge is 0.326 e. The lowest BCUT2D eigenvalue weighted by molar-refractivity contribution is -0.148. The van der Waals surface area contributed by atoms with Gasteiger partial charge in [0.25, 0.3) is 0 Å². The SMILES string of the molecule is CCCNC1(C(=O)OC)Cc2ccccc2C1. The molecule has 3 heteroatoms. The van der Waals surface area contributed by atoms with Crippen LogP contribution in [0.1, 0.15) is 24.5 Å². The molecule has 0 aliphatic heterocycles. The molecule has 0 saturated heterocycles. The van der Waals surface area contributed by atoms with Gasteiger partial charge in [-0.15, -0.1) is 0 Å². The maximum absolute atomic E-state index is 12.0. The molecule has 0 aromatic heterocycles. The highest BCUT2D eigenvalue weighted by atomic mass is 16.5. The molecule has 1 aromatic carbocycles. The molecule has 1 aromatic rings. The minimum atomic E-state index is -0.547. The fourth-order valence-electron chi connectivity index (χ4n) is 2.52. The molecule has 0 heterocycles. The van der Waals surface area contributed by atoms with Crippen molar-refractivity contribution in [2.24, 2.45) is 0 Å². The summed E-state index contributed by atoms with van der Waals surface area (Å²) in [6.45, 7) is 2.93. The van der Waals surface area contributed by atoms with Gasteiger partial charge in [-0.05, 0) is 24.1 Å². The van der Waals surface area contributed by atoms with Crippen molar-refractivity contribution < 1.29 is 9.53 Å². The van der Waals surface area contributed by atoms with Crippen LogP contribution in [0.5, 0.6) is 0 Å². The summed E-state index contributed by atoms with van der Waals surface area (Å²) >= 11 is 0. The van der Waals surface area contributed by atoms with E-state index in [9.17, 15) is 4.79 Å². The number of benzene rings is 1. The predicted molar refractivity (Wildman–Crippen MR) is 66.9 cm³/mol. The van der Waals surface area contributed by atoms with Crippen LogP contribution in [-0.2, 0) is 22.4 Å². The van der Waals surface area contributed by atoms with Gasteiger partial charge in [-0.1, -0.05) is 31.2 Å². The van der Waals surface area contributed by atoms with Crippen LogP contribution in [0.25, 0.3) is 0 Å². The van der Waals surface area contributed by atoms with Crippen LogP contribution >= 0.6 is 0 Å². The zero-order valence-corrected chi connectivity index (χ0v) is 10.5. The van der Waals surface area contributed by atoms with E-state index in [0.29, 0.717) is 0 Å². The molecular weight excluding hydrogens is 214 g/mol. The van der Waals surface area contributed by atoms with Crippen LogP contribution in [0, 0.1) is 0 Å². The van der Waals surface area contributed by atoms with E-state index >= 15 is 0 Å². The molecule has 0 unspecified atom stereocenters. The molecule has 0 fully saturated rings. The Bertz CT molecular complexity index is 389. The highest BCUT2D eigenvalue weighted by Gasteiger charge is 2.44. The molecule has 1 N–H and O–H groups in total. The summed E-state index contributed by atoms with van der Waals surface area (Å²) < 4.78 is 4.96. The Balaban J connectivity index is 2.24. The highest BCUT2D eigenvalue weighted by Crippen LogP contribution is 2.31. The lowest BCUT2D eigenvalue weighted by Gasteiger charge is -2.27. The van der Waals surface area contributed by atoms with Gasteiger partial charge in [0.05, 0.1) is 7.11 Å². The minimum Gasteiger partial charge on any atom is -0.468 e. The molecule has 17 heavy (non-hydrogen) atoms. The zero-order valence-electron chi connectivity index (χ0n) is 10.5. The first-order chi connectivity index (χ1) is 8.22. The van der Waals surface area contributed by atoms with Gasteiger partial charge in [-0.25, -0.2) is 0 Å². The predicted octanol–water partition coefficient (Wildman–Crippen LogP) is 1.70. The third-order valence-electron chi connectivity index (χ3n) is 3.39. The maximum atomic E-state index is 12.0. The molecule has 92 valence electrons. The van der Waals surface area contributed by atoms with Crippen molar-refractivity contribution in [2.45, 2.75) is 31.7 Å². The van der Waals surface area contributed by atoms with Gasteiger partial charge in [-0.2, -0.15) is 0 Å². The van der Waals surface area contributed by atoms with Crippen LogP contribution in [0.4, 0.5) is 0 Å². The summed E-state index contributed by atoms with van der Waals surface area (Å²) in [5.41, 5.74) is 1.96. The number of nitrogens with one attached hydrogen (secondary N) is 1. The van der Waals surface area contributed by atoms with Crippen molar-refractivity contribution in [1.29, 1.82) is 0 Å². The summed E-state index contributed by atoms with van der Waals surface area (Å²) in [5, 5.41) is 3.37. The van der Waals surface area contributed by atoms with Crippen LogP contribution in [0.3, 0.4) is 0 Å². The number of hydrogen-bond acceptors (Lipinski definition) is 3. The van der Waals surface area contributed by atoms with Gasteiger partial charge in [-0.3, -0.25) is 4.79 Å². The van der Waals surface area contributed by atoms with Gasteiger partial charge in [0.2, 0.25) is 0 Å². The van der Waals surface area contributed by atoms with E-state index in [0.717, 1.165) is 25.8 Å². The van der Waals surface area contributed by atoms with Crippen LogP contribution in [0.2, 0.25) is 0 Å².